The van der Waals surface area contributed by atoms with Crippen LogP contribution in [0.15, 0.2) is 29.8 Å². The summed E-state index contributed by atoms with van der Waals surface area (Å²) in [6, 6.07) is 6.32. The molecule has 0 bridgehead atoms. The lowest BCUT2D eigenvalue weighted by Crippen LogP contribution is -2.56. The molecule has 1 saturated heterocycles. The summed E-state index contributed by atoms with van der Waals surface area (Å²) >= 11 is 1.59. The smallest absolute Gasteiger partial charge is 0.246 e. The molecule has 3 N–H and O–H groups in total. The van der Waals surface area contributed by atoms with Crippen LogP contribution in [0.1, 0.15) is 38.4 Å². The van der Waals surface area contributed by atoms with Gasteiger partial charge in [-0.15, -0.1) is 11.3 Å². The highest BCUT2D eigenvalue weighted by Gasteiger charge is 2.43. The highest BCUT2D eigenvalue weighted by Crippen LogP contribution is 2.28. The first kappa shape index (κ1) is 23.9. The van der Waals surface area contributed by atoms with Gasteiger partial charge in [0.2, 0.25) is 18.2 Å². The van der Waals surface area contributed by atoms with E-state index in [9.17, 15) is 19.5 Å². The topological polar surface area (TPSA) is 112 Å². The summed E-state index contributed by atoms with van der Waals surface area (Å²) in [6.07, 6.45) is -0.125. The van der Waals surface area contributed by atoms with Gasteiger partial charge < -0.3 is 20.6 Å². The normalized spacial score (nSPS) is 19.5. The third-order valence-electron chi connectivity index (χ3n) is 5.64. The number of carbonyl (C=O) groups excluding carboxylic acids is 3. The SMILES string of the molecule is Cc1ncsc1-c1ccc(CNC(=O)C2CC(O)CN2C(=O)C(NC=O)C(C)(C)C)cc1. The standard InChI is InChI=1S/C23H30N4O4S/c1-14-19(32-13-26-14)16-7-5-15(6-8-16)10-24-21(30)18-9-17(29)11-27(18)22(31)20(25-12-28)23(2,3)4/h5-8,12-13,17-18,20,29H,9-11H2,1-4H3,(H,24,30)(H,25,28). The Balaban J connectivity index is 1.66. The van der Waals surface area contributed by atoms with Crippen molar-refractivity contribution in [3.05, 3.63) is 41.0 Å². The molecule has 2 heterocycles. The maximum absolute atomic E-state index is 13.1. The Morgan fingerprint density at radius 1 is 1.31 bits per heavy atom. The van der Waals surface area contributed by atoms with Gasteiger partial charge in [0.05, 0.1) is 22.2 Å². The average Bonchev–Trinajstić information content (AvgIpc) is 3.35. The monoisotopic (exact) mass is 458 g/mol. The molecule has 8 nitrogen and oxygen atoms in total. The molecule has 3 unspecified atom stereocenters. The Kier molecular flexibility index (Phi) is 7.30. The number of amides is 3. The molecular formula is C23H30N4O4S. The van der Waals surface area contributed by atoms with Gasteiger partial charge in [0, 0.05) is 19.5 Å². The van der Waals surface area contributed by atoms with E-state index in [0.29, 0.717) is 13.0 Å². The van der Waals surface area contributed by atoms with E-state index in [1.807, 2.05) is 57.5 Å². The summed E-state index contributed by atoms with van der Waals surface area (Å²) in [4.78, 5) is 43.8. The summed E-state index contributed by atoms with van der Waals surface area (Å²) in [7, 11) is 0. The number of aliphatic hydroxyl groups excluding tert-OH is 1. The molecule has 172 valence electrons. The fourth-order valence-electron chi connectivity index (χ4n) is 3.89. The molecule has 3 amide bonds. The predicted molar refractivity (Wildman–Crippen MR) is 123 cm³/mol. The van der Waals surface area contributed by atoms with Crippen LogP contribution in [0.5, 0.6) is 0 Å². The van der Waals surface area contributed by atoms with Crippen LogP contribution in [0.4, 0.5) is 0 Å². The molecule has 1 aliphatic rings. The van der Waals surface area contributed by atoms with Gasteiger partial charge in [-0.1, -0.05) is 45.0 Å². The highest BCUT2D eigenvalue weighted by molar-refractivity contribution is 7.13. The molecule has 1 aromatic heterocycles. The Bertz CT molecular complexity index is 967. The van der Waals surface area contributed by atoms with Crippen LogP contribution in [-0.2, 0) is 20.9 Å². The van der Waals surface area contributed by atoms with Gasteiger partial charge >= 0.3 is 0 Å². The van der Waals surface area contributed by atoms with Crippen molar-refractivity contribution in [3.8, 4) is 10.4 Å². The van der Waals surface area contributed by atoms with E-state index in [4.69, 9.17) is 0 Å². The van der Waals surface area contributed by atoms with Crippen LogP contribution in [0, 0.1) is 12.3 Å². The maximum Gasteiger partial charge on any atom is 0.246 e. The van der Waals surface area contributed by atoms with Crippen LogP contribution < -0.4 is 10.6 Å². The van der Waals surface area contributed by atoms with E-state index in [-0.39, 0.29) is 24.8 Å². The number of aryl methyl sites for hydroxylation is 1. The van der Waals surface area contributed by atoms with E-state index in [2.05, 4.69) is 15.6 Å². The number of nitrogens with one attached hydrogen (secondary N) is 2. The number of nitrogens with zero attached hydrogens (tertiary/aromatic N) is 2. The first-order valence-corrected chi connectivity index (χ1v) is 11.4. The summed E-state index contributed by atoms with van der Waals surface area (Å²) < 4.78 is 0. The van der Waals surface area contributed by atoms with Crippen molar-refractivity contribution >= 4 is 29.6 Å². The van der Waals surface area contributed by atoms with Crippen molar-refractivity contribution in [1.29, 1.82) is 0 Å². The minimum absolute atomic E-state index is 0.0624. The zero-order chi connectivity index (χ0) is 23.5. The lowest BCUT2D eigenvalue weighted by molar-refractivity contribution is -0.143. The van der Waals surface area contributed by atoms with Crippen molar-refractivity contribution in [2.45, 2.75) is 58.8 Å². The zero-order valence-corrected chi connectivity index (χ0v) is 19.6. The number of likely N-dealkylation sites (tertiary alicyclic amines) is 1. The molecule has 3 atom stereocenters. The van der Waals surface area contributed by atoms with E-state index in [0.717, 1.165) is 21.7 Å². The number of β-amino-alcohol motifs (C(OH)–C–C–N with tert-alkyl or cyclic N) is 1. The van der Waals surface area contributed by atoms with Gasteiger partial charge in [0.15, 0.2) is 0 Å². The van der Waals surface area contributed by atoms with Crippen molar-refractivity contribution in [2.24, 2.45) is 5.41 Å². The fraction of sp³-hybridized carbons (Fsp3) is 0.478. The third kappa shape index (κ3) is 5.34. The van der Waals surface area contributed by atoms with E-state index >= 15 is 0 Å². The number of aliphatic hydroxyl groups is 1. The minimum atomic E-state index is -0.789. The largest absolute Gasteiger partial charge is 0.391 e. The van der Waals surface area contributed by atoms with E-state index in [1.54, 1.807) is 11.3 Å². The van der Waals surface area contributed by atoms with Crippen LogP contribution in [0.2, 0.25) is 0 Å². The summed E-state index contributed by atoms with van der Waals surface area (Å²) in [5, 5.41) is 15.6. The van der Waals surface area contributed by atoms with Gasteiger partial charge in [-0.3, -0.25) is 14.4 Å². The lowest BCUT2D eigenvalue weighted by Gasteiger charge is -2.34. The average molecular weight is 459 g/mol. The van der Waals surface area contributed by atoms with Crippen molar-refractivity contribution in [3.63, 3.8) is 0 Å². The molecule has 32 heavy (non-hydrogen) atoms. The second-order valence-corrected chi connectivity index (χ2v) is 10.0. The highest BCUT2D eigenvalue weighted by atomic mass is 32.1. The van der Waals surface area contributed by atoms with Crippen molar-refractivity contribution < 1.29 is 19.5 Å². The molecule has 1 fully saturated rings. The minimum Gasteiger partial charge on any atom is -0.391 e. The molecular weight excluding hydrogens is 428 g/mol. The molecule has 1 aliphatic heterocycles. The molecule has 0 spiro atoms. The lowest BCUT2D eigenvalue weighted by atomic mass is 9.85. The Morgan fingerprint density at radius 2 is 2.00 bits per heavy atom. The maximum atomic E-state index is 13.1. The van der Waals surface area contributed by atoms with Crippen LogP contribution >= 0.6 is 11.3 Å². The van der Waals surface area contributed by atoms with E-state index in [1.165, 1.54) is 4.90 Å². The Labute approximate surface area is 192 Å². The number of thiazole rings is 1. The van der Waals surface area contributed by atoms with Crippen molar-refractivity contribution in [2.75, 3.05) is 6.54 Å². The van der Waals surface area contributed by atoms with Crippen LogP contribution in [0.25, 0.3) is 10.4 Å². The number of carbonyl (C=O) groups is 3. The van der Waals surface area contributed by atoms with Gasteiger partial charge in [-0.05, 0) is 23.5 Å². The van der Waals surface area contributed by atoms with E-state index < -0.39 is 23.6 Å². The van der Waals surface area contributed by atoms with Crippen LogP contribution in [-0.4, -0.2) is 57.9 Å². The molecule has 1 aromatic carbocycles. The number of hydrogen-bond donors (Lipinski definition) is 3. The molecule has 3 rings (SSSR count). The first-order valence-electron chi connectivity index (χ1n) is 10.6. The van der Waals surface area contributed by atoms with Gasteiger partial charge in [0.25, 0.3) is 0 Å². The summed E-state index contributed by atoms with van der Waals surface area (Å²) in [5.41, 5.74) is 4.27. The van der Waals surface area contributed by atoms with Crippen molar-refractivity contribution in [1.82, 2.24) is 20.5 Å². The second kappa shape index (κ2) is 9.79. The first-order chi connectivity index (χ1) is 15.1. The van der Waals surface area contributed by atoms with Crippen LogP contribution in [0.3, 0.4) is 0 Å². The van der Waals surface area contributed by atoms with Gasteiger partial charge in [-0.2, -0.15) is 0 Å². The number of rotatable bonds is 7. The zero-order valence-electron chi connectivity index (χ0n) is 18.8. The Morgan fingerprint density at radius 3 is 2.56 bits per heavy atom. The molecule has 0 radical (unpaired) electrons. The number of hydrogen-bond acceptors (Lipinski definition) is 6. The third-order valence-corrected chi connectivity index (χ3v) is 6.62. The summed E-state index contributed by atoms with van der Waals surface area (Å²) in [6.45, 7) is 7.86. The summed E-state index contributed by atoms with van der Waals surface area (Å²) in [5.74, 6) is -0.693. The Hall–Kier alpha value is -2.78. The molecule has 0 aliphatic carbocycles. The molecule has 2 aromatic rings. The number of aromatic nitrogens is 1. The molecule has 0 saturated carbocycles. The second-order valence-electron chi connectivity index (χ2n) is 9.16. The number of benzene rings is 1. The van der Waals surface area contributed by atoms with Gasteiger partial charge in [0.1, 0.15) is 12.1 Å². The molecule has 9 heteroatoms. The predicted octanol–water partition coefficient (Wildman–Crippen LogP) is 1.86. The van der Waals surface area contributed by atoms with Gasteiger partial charge in [-0.25, -0.2) is 4.98 Å². The quantitative estimate of drug-likeness (QED) is 0.549. The fourth-order valence-corrected chi connectivity index (χ4v) is 4.70.